The van der Waals surface area contributed by atoms with Gasteiger partial charge in [-0.05, 0) is 25.7 Å². The smallest absolute Gasteiger partial charge is 0.169 e. The van der Waals surface area contributed by atoms with E-state index in [1.54, 1.807) is 0 Å². The number of hydrogen-bond acceptors (Lipinski definition) is 3. The van der Waals surface area contributed by atoms with Crippen LogP contribution >= 0.6 is 0 Å². The molecule has 1 aliphatic carbocycles. The molecular weight excluding hydrogens is 192 g/mol. The summed E-state index contributed by atoms with van der Waals surface area (Å²) in [4.78, 5) is 0. The first kappa shape index (κ1) is 10.1. The molecule has 0 bridgehead atoms. The minimum Gasteiger partial charge on any atom is -0.375 e. The maximum Gasteiger partial charge on any atom is 0.169 e. The van der Waals surface area contributed by atoms with Crippen molar-refractivity contribution in [2.45, 2.75) is 62.9 Å². The van der Waals surface area contributed by atoms with Crippen LogP contribution < -0.4 is 0 Å². The van der Waals surface area contributed by atoms with E-state index in [0.29, 0.717) is 6.10 Å². The van der Waals surface area contributed by atoms with Gasteiger partial charge in [0.1, 0.15) is 6.10 Å². The molecule has 1 saturated carbocycles. The summed E-state index contributed by atoms with van der Waals surface area (Å²) in [5.74, 6) is -0.227. The van der Waals surface area contributed by atoms with Crippen molar-refractivity contribution in [3.05, 3.63) is 0 Å². The van der Waals surface area contributed by atoms with Crippen LogP contribution in [0.5, 0.6) is 0 Å². The van der Waals surface area contributed by atoms with Crippen molar-refractivity contribution in [3.8, 4) is 0 Å². The van der Waals surface area contributed by atoms with E-state index in [1.165, 1.54) is 25.7 Å². The van der Waals surface area contributed by atoms with Crippen LogP contribution in [-0.2, 0) is 14.2 Å². The van der Waals surface area contributed by atoms with Gasteiger partial charge in [0.15, 0.2) is 5.79 Å². The van der Waals surface area contributed by atoms with Gasteiger partial charge in [-0.25, -0.2) is 0 Å². The Labute approximate surface area is 91.1 Å². The van der Waals surface area contributed by atoms with Crippen molar-refractivity contribution < 1.29 is 14.2 Å². The Morgan fingerprint density at radius 1 is 0.933 bits per heavy atom. The van der Waals surface area contributed by atoms with Crippen LogP contribution in [0.25, 0.3) is 0 Å². The maximum absolute atomic E-state index is 6.13. The Morgan fingerprint density at radius 3 is 2.53 bits per heavy atom. The molecule has 2 saturated heterocycles. The van der Waals surface area contributed by atoms with Crippen molar-refractivity contribution in [1.82, 2.24) is 0 Å². The Bertz CT molecular complexity index is 217. The molecule has 3 fully saturated rings. The van der Waals surface area contributed by atoms with Gasteiger partial charge in [-0.2, -0.15) is 0 Å². The molecule has 1 unspecified atom stereocenters. The summed E-state index contributed by atoms with van der Waals surface area (Å²) in [5, 5.41) is 0. The Morgan fingerprint density at radius 2 is 1.80 bits per heavy atom. The molecule has 2 heterocycles. The minimum atomic E-state index is -0.227. The average Bonchev–Trinajstić information content (AvgIpc) is 2.88. The second-order valence-corrected chi connectivity index (χ2v) is 4.99. The van der Waals surface area contributed by atoms with Crippen LogP contribution in [0.2, 0.25) is 0 Å². The molecule has 0 aromatic rings. The fourth-order valence-corrected chi connectivity index (χ4v) is 3.01. The molecule has 0 aromatic carbocycles. The molecule has 0 N–H and O–H groups in total. The highest BCUT2D eigenvalue weighted by Crippen LogP contribution is 2.39. The van der Waals surface area contributed by atoms with Gasteiger partial charge < -0.3 is 14.2 Å². The van der Waals surface area contributed by atoms with Crippen molar-refractivity contribution in [3.63, 3.8) is 0 Å². The zero-order valence-corrected chi connectivity index (χ0v) is 9.24. The van der Waals surface area contributed by atoms with Gasteiger partial charge in [0.05, 0.1) is 12.7 Å². The van der Waals surface area contributed by atoms with Crippen molar-refractivity contribution in [1.29, 1.82) is 0 Å². The van der Waals surface area contributed by atoms with E-state index in [9.17, 15) is 0 Å². The third-order valence-electron chi connectivity index (χ3n) is 3.87. The fraction of sp³-hybridized carbons (Fsp3) is 1.00. The molecule has 15 heavy (non-hydrogen) atoms. The molecule has 1 spiro atoms. The lowest BCUT2D eigenvalue weighted by Gasteiger charge is -2.32. The van der Waals surface area contributed by atoms with E-state index in [2.05, 4.69) is 0 Å². The van der Waals surface area contributed by atoms with Crippen LogP contribution in [0.1, 0.15) is 44.9 Å². The van der Waals surface area contributed by atoms with Gasteiger partial charge in [-0.3, -0.25) is 0 Å². The first-order valence-corrected chi connectivity index (χ1v) is 6.31. The Kier molecular flexibility index (Phi) is 2.71. The quantitative estimate of drug-likeness (QED) is 0.667. The maximum atomic E-state index is 6.13. The van der Waals surface area contributed by atoms with Gasteiger partial charge in [0.2, 0.25) is 0 Å². The van der Waals surface area contributed by atoms with Gasteiger partial charge in [0.25, 0.3) is 0 Å². The lowest BCUT2D eigenvalue weighted by atomic mass is 9.94. The molecule has 2 atom stereocenters. The molecule has 3 aliphatic rings. The number of ether oxygens (including phenoxy) is 3. The van der Waals surface area contributed by atoms with E-state index in [-0.39, 0.29) is 11.9 Å². The van der Waals surface area contributed by atoms with E-state index in [1.807, 2.05) is 0 Å². The fourth-order valence-electron chi connectivity index (χ4n) is 3.01. The highest BCUT2D eigenvalue weighted by Gasteiger charge is 2.45. The molecule has 0 aromatic heterocycles. The summed E-state index contributed by atoms with van der Waals surface area (Å²) in [7, 11) is 0. The predicted molar refractivity (Wildman–Crippen MR) is 55.6 cm³/mol. The van der Waals surface area contributed by atoms with Gasteiger partial charge in [-0.15, -0.1) is 0 Å². The minimum absolute atomic E-state index is 0.200. The van der Waals surface area contributed by atoms with Crippen molar-refractivity contribution in [2.24, 2.45) is 0 Å². The normalized spacial score (nSPS) is 40.0. The van der Waals surface area contributed by atoms with Crippen LogP contribution in [-0.4, -0.2) is 31.2 Å². The first-order chi connectivity index (χ1) is 7.38. The zero-order valence-electron chi connectivity index (χ0n) is 9.24. The molecule has 86 valence electrons. The monoisotopic (exact) mass is 212 g/mol. The first-order valence-electron chi connectivity index (χ1n) is 6.31. The summed E-state index contributed by atoms with van der Waals surface area (Å²) >= 11 is 0. The second-order valence-electron chi connectivity index (χ2n) is 4.99. The molecular formula is C12H20O3. The second kappa shape index (κ2) is 4.04. The van der Waals surface area contributed by atoms with Gasteiger partial charge in [0, 0.05) is 19.4 Å². The summed E-state index contributed by atoms with van der Waals surface area (Å²) in [6.45, 7) is 1.64. The summed E-state index contributed by atoms with van der Waals surface area (Å²) in [5.41, 5.74) is 0. The molecule has 0 radical (unpaired) electrons. The van der Waals surface area contributed by atoms with E-state index < -0.39 is 0 Å². The lowest BCUT2D eigenvalue weighted by molar-refractivity contribution is -0.196. The summed E-state index contributed by atoms with van der Waals surface area (Å²) in [6.07, 6.45) is 8.81. The third-order valence-corrected chi connectivity index (χ3v) is 3.87. The third kappa shape index (κ3) is 1.93. The predicted octanol–water partition coefficient (Wildman–Crippen LogP) is 2.24. The Balaban J connectivity index is 1.61. The van der Waals surface area contributed by atoms with E-state index >= 15 is 0 Å². The van der Waals surface area contributed by atoms with E-state index in [4.69, 9.17) is 14.2 Å². The molecule has 2 aliphatic heterocycles. The SMILES string of the molecule is C1CCC2(CC1)OCC([C@@H]1CCCO1)O2. The van der Waals surface area contributed by atoms with Gasteiger partial charge >= 0.3 is 0 Å². The highest BCUT2D eigenvalue weighted by molar-refractivity contribution is 4.86. The molecule has 3 rings (SSSR count). The topological polar surface area (TPSA) is 27.7 Å². The number of hydrogen-bond donors (Lipinski definition) is 0. The lowest BCUT2D eigenvalue weighted by Crippen LogP contribution is -2.35. The average molecular weight is 212 g/mol. The Hall–Kier alpha value is -0.120. The van der Waals surface area contributed by atoms with E-state index in [0.717, 1.165) is 32.5 Å². The standard InChI is InChI=1S/C12H20O3/c1-2-6-12(7-3-1)14-9-11(15-12)10-5-4-8-13-10/h10-11H,1-9H2/t10-,11?/m0/s1. The molecule has 3 nitrogen and oxygen atoms in total. The van der Waals surface area contributed by atoms with Crippen LogP contribution in [0, 0.1) is 0 Å². The summed E-state index contributed by atoms with van der Waals surface area (Å²) in [6, 6.07) is 0. The summed E-state index contributed by atoms with van der Waals surface area (Å²) < 4.78 is 17.7. The molecule has 0 amide bonds. The zero-order chi connectivity index (χ0) is 10.1. The van der Waals surface area contributed by atoms with Crippen molar-refractivity contribution >= 4 is 0 Å². The largest absolute Gasteiger partial charge is 0.375 e. The van der Waals surface area contributed by atoms with Gasteiger partial charge in [-0.1, -0.05) is 6.42 Å². The highest BCUT2D eigenvalue weighted by atomic mass is 16.8. The number of rotatable bonds is 1. The van der Waals surface area contributed by atoms with Crippen molar-refractivity contribution in [2.75, 3.05) is 13.2 Å². The van der Waals surface area contributed by atoms with Crippen LogP contribution in [0.3, 0.4) is 0 Å². The van der Waals surface area contributed by atoms with Crippen LogP contribution in [0.15, 0.2) is 0 Å². The van der Waals surface area contributed by atoms with Crippen LogP contribution in [0.4, 0.5) is 0 Å². The molecule has 3 heteroatoms.